The largest absolute Gasteiger partial charge is 0.372 e. The van der Waals surface area contributed by atoms with Crippen LogP contribution in [-0.2, 0) is 9.53 Å². The minimum absolute atomic E-state index is 0.0877. The number of anilines is 1. The summed E-state index contributed by atoms with van der Waals surface area (Å²) < 4.78 is 4.97. The zero-order chi connectivity index (χ0) is 10.4. The Morgan fingerprint density at radius 2 is 2.36 bits per heavy atom. The molecular weight excluding hydrogens is 180 g/mol. The van der Waals surface area contributed by atoms with Crippen LogP contribution in [0.3, 0.4) is 0 Å². The molecule has 0 spiro atoms. The minimum atomic E-state index is -0.153. The average Bonchev–Trinajstić information content (AvgIpc) is 2.15. The molecule has 1 heterocycles. The van der Waals surface area contributed by atoms with Gasteiger partial charge in [-0.15, -0.1) is 0 Å². The molecule has 1 aromatic rings. The van der Waals surface area contributed by atoms with Crippen molar-refractivity contribution < 1.29 is 9.53 Å². The Labute approximate surface area is 83.3 Å². The van der Waals surface area contributed by atoms with E-state index in [2.05, 4.69) is 10.3 Å². The number of aromatic nitrogens is 1. The van der Waals surface area contributed by atoms with Crippen LogP contribution in [0.1, 0.15) is 12.5 Å². The number of pyridine rings is 1. The Morgan fingerprint density at radius 1 is 1.57 bits per heavy atom. The van der Waals surface area contributed by atoms with Crippen molar-refractivity contribution in [3.05, 3.63) is 24.0 Å². The number of carbonyl (C=O) groups is 1. The Morgan fingerprint density at radius 3 is 3.00 bits per heavy atom. The maximum Gasteiger partial charge on any atom is 0.250 e. The molecule has 0 aliphatic carbocycles. The summed E-state index contributed by atoms with van der Waals surface area (Å²) in [6.07, 6.45) is 3.34. The molecule has 0 saturated heterocycles. The van der Waals surface area contributed by atoms with Gasteiger partial charge in [0.25, 0.3) is 0 Å². The number of rotatable bonds is 4. The molecular formula is C10H14N2O2. The first-order valence-electron chi connectivity index (χ1n) is 4.51. The third kappa shape index (κ3) is 3.53. The molecule has 0 fully saturated rings. The number of aryl methyl sites for hydroxylation is 1. The smallest absolute Gasteiger partial charge is 0.250 e. The summed E-state index contributed by atoms with van der Waals surface area (Å²) in [5, 5.41) is 2.69. The van der Waals surface area contributed by atoms with Crippen LogP contribution in [0.4, 0.5) is 5.69 Å². The van der Waals surface area contributed by atoms with E-state index in [1.807, 2.05) is 19.9 Å². The number of nitrogens with zero attached hydrogens (tertiary/aromatic N) is 1. The van der Waals surface area contributed by atoms with Gasteiger partial charge in [0, 0.05) is 12.8 Å². The van der Waals surface area contributed by atoms with Gasteiger partial charge < -0.3 is 10.1 Å². The van der Waals surface area contributed by atoms with E-state index >= 15 is 0 Å². The topological polar surface area (TPSA) is 51.2 Å². The second-order valence-electron chi connectivity index (χ2n) is 2.94. The lowest BCUT2D eigenvalue weighted by atomic mass is 10.3. The lowest BCUT2D eigenvalue weighted by molar-refractivity contribution is -0.120. The van der Waals surface area contributed by atoms with E-state index in [9.17, 15) is 4.79 Å². The lowest BCUT2D eigenvalue weighted by Gasteiger charge is -2.04. The van der Waals surface area contributed by atoms with E-state index in [0.717, 1.165) is 5.56 Å². The lowest BCUT2D eigenvalue weighted by Crippen LogP contribution is -2.18. The number of hydrogen-bond donors (Lipinski definition) is 1. The van der Waals surface area contributed by atoms with E-state index in [1.54, 1.807) is 12.4 Å². The Bertz CT molecular complexity index is 313. The first kappa shape index (κ1) is 10.7. The van der Waals surface area contributed by atoms with Crippen LogP contribution in [0.2, 0.25) is 0 Å². The predicted octanol–water partition coefficient (Wildman–Crippen LogP) is 1.37. The normalized spacial score (nSPS) is 9.86. The SMILES string of the molecule is CCOCC(=O)Nc1cncc(C)c1. The molecule has 0 aliphatic heterocycles. The van der Waals surface area contributed by atoms with E-state index in [-0.39, 0.29) is 12.5 Å². The summed E-state index contributed by atoms with van der Waals surface area (Å²) in [6, 6.07) is 1.86. The van der Waals surface area contributed by atoms with Crippen LogP contribution in [0.15, 0.2) is 18.5 Å². The molecule has 0 aliphatic rings. The van der Waals surface area contributed by atoms with Crippen molar-refractivity contribution >= 4 is 11.6 Å². The number of hydrogen-bond acceptors (Lipinski definition) is 3. The average molecular weight is 194 g/mol. The molecule has 0 aromatic carbocycles. The van der Waals surface area contributed by atoms with Gasteiger partial charge >= 0.3 is 0 Å². The molecule has 1 amide bonds. The number of amides is 1. The van der Waals surface area contributed by atoms with Crippen molar-refractivity contribution in [1.82, 2.24) is 4.98 Å². The fourth-order valence-electron chi connectivity index (χ4n) is 1.02. The molecule has 1 rings (SSSR count). The van der Waals surface area contributed by atoms with Crippen LogP contribution in [-0.4, -0.2) is 24.1 Å². The third-order valence-electron chi connectivity index (χ3n) is 1.60. The monoisotopic (exact) mass is 194 g/mol. The molecule has 1 aromatic heterocycles. The van der Waals surface area contributed by atoms with Crippen LogP contribution in [0, 0.1) is 6.92 Å². The maximum atomic E-state index is 11.2. The summed E-state index contributed by atoms with van der Waals surface area (Å²) in [7, 11) is 0. The number of ether oxygens (including phenoxy) is 1. The zero-order valence-electron chi connectivity index (χ0n) is 8.41. The fourth-order valence-corrected chi connectivity index (χ4v) is 1.02. The molecule has 4 heteroatoms. The van der Waals surface area contributed by atoms with Crippen LogP contribution >= 0.6 is 0 Å². The van der Waals surface area contributed by atoms with Gasteiger partial charge in [0.05, 0.1) is 11.9 Å². The predicted molar refractivity (Wildman–Crippen MR) is 54.1 cm³/mol. The summed E-state index contributed by atoms with van der Waals surface area (Å²) in [5.41, 5.74) is 1.72. The Balaban J connectivity index is 2.47. The van der Waals surface area contributed by atoms with Crippen molar-refractivity contribution in [1.29, 1.82) is 0 Å². The summed E-state index contributed by atoms with van der Waals surface area (Å²) in [6.45, 7) is 4.40. The summed E-state index contributed by atoms with van der Waals surface area (Å²) in [5.74, 6) is -0.153. The van der Waals surface area contributed by atoms with Crippen LogP contribution in [0.25, 0.3) is 0 Å². The second kappa shape index (κ2) is 5.34. The first-order chi connectivity index (χ1) is 6.72. The molecule has 76 valence electrons. The highest BCUT2D eigenvalue weighted by atomic mass is 16.5. The van der Waals surface area contributed by atoms with Gasteiger partial charge in [-0.25, -0.2) is 0 Å². The second-order valence-corrected chi connectivity index (χ2v) is 2.94. The van der Waals surface area contributed by atoms with E-state index in [1.165, 1.54) is 0 Å². The molecule has 0 unspecified atom stereocenters. The highest BCUT2D eigenvalue weighted by Crippen LogP contribution is 2.06. The van der Waals surface area contributed by atoms with E-state index < -0.39 is 0 Å². The maximum absolute atomic E-state index is 11.2. The third-order valence-corrected chi connectivity index (χ3v) is 1.60. The van der Waals surface area contributed by atoms with Gasteiger partial charge in [-0.1, -0.05) is 0 Å². The first-order valence-corrected chi connectivity index (χ1v) is 4.51. The van der Waals surface area contributed by atoms with Gasteiger partial charge in [-0.3, -0.25) is 9.78 Å². The molecule has 4 nitrogen and oxygen atoms in total. The fraction of sp³-hybridized carbons (Fsp3) is 0.400. The summed E-state index contributed by atoms with van der Waals surface area (Å²) in [4.78, 5) is 15.2. The van der Waals surface area contributed by atoms with Crippen molar-refractivity contribution in [3.63, 3.8) is 0 Å². The standard InChI is InChI=1S/C10H14N2O2/c1-3-14-7-10(13)12-9-4-8(2)5-11-6-9/h4-6H,3,7H2,1-2H3,(H,12,13). The molecule has 0 atom stereocenters. The van der Waals surface area contributed by atoms with Gasteiger partial charge in [0.1, 0.15) is 6.61 Å². The van der Waals surface area contributed by atoms with Crippen molar-refractivity contribution in [2.75, 3.05) is 18.5 Å². The number of carbonyl (C=O) groups excluding carboxylic acids is 1. The minimum Gasteiger partial charge on any atom is -0.372 e. The Hall–Kier alpha value is -1.42. The van der Waals surface area contributed by atoms with E-state index in [4.69, 9.17) is 4.74 Å². The van der Waals surface area contributed by atoms with Crippen molar-refractivity contribution in [2.45, 2.75) is 13.8 Å². The van der Waals surface area contributed by atoms with Gasteiger partial charge in [-0.05, 0) is 25.5 Å². The van der Waals surface area contributed by atoms with Crippen molar-refractivity contribution in [3.8, 4) is 0 Å². The molecule has 0 saturated carbocycles. The van der Waals surface area contributed by atoms with Crippen LogP contribution in [0.5, 0.6) is 0 Å². The van der Waals surface area contributed by atoms with Gasteiger partial charge in [-0.2, -0.15) is 0 Å². The Kier molecular flexibility index (Phi) is 4.07. The van der Waals surface area contributed by atoms with Crippen LogP contribution < -0.4 is 5.32 Å². The highest BCUT2D eigenvalue weighted by Gasteiger charge is 2.01. The number of nitrogens with one attached hydrogen (secondary N) is 1. The zero-order valence-corrected chi connectivity index (χ0v) is 8.41. The summed E-state index contributed by atoms with van der Waals surface area (Å²) >= 11 is 0. The molecule has 1 N–H and O–H groups in total. The van der Waals surface area contributed by atoms with Gasteiger partial charge in [0.15, 0.2) is 0 Å². The van der Waals surface area contributed by atoms with E-state index in [0.29, 0.717) is 12.3 Å². The molecule has 0 radical (unpaired) electrons. The molecule has 14 heavy (non-hydrogen) atoms. The van der Waals surface area contributed by atoms with Gasteiger partial charge in [0.2, 0.25) is 5.91 Å². The highest BCUT2D eigenvalue weighted by molar-refractivity contribution is 5.91. The molecule has 0 bridgehead atoms. The van der Waals surface area contributed by atoms with Crippen molar-refractivity contribution in [2.24, 2.45) is 0 Å². The quantitative estimate of drug-likeness (QED) is 0.787.